The predicted molar refractivity (Wildman–Crippen MR) is 54.5 cm³/mol. The SMILES string of the molecule is CN1CCC(CCC(N)CO)CC1. The molecule has 0 aromatic rings. The van der Waals surface area contributed by atoms with E-state index in [2.05, 4.69) is 11.9 Å². The van der Waals surface area contributed by atoms with E-state index in [0.717, 1.165) is 12.3 Å². The third-order valence-electron chi connectivity index (χ3n) is 3.02. The van der Waals surface area contributed by atoms with Gasteiger partial charge in [-0.1, -0.05) is 0 Å². The van der Waals surface area contributed by atoms with Crippen LogP contribution in [0, 0.1) is 5.92 Å². The molecule has 0 aliphatic carbocycles. The maximum Gasteiger partial charge on any atom is 0.0582 e. The van der Waals surface area contributed by atoms with E-state index in [1.165, 1.54) is 32.4 Å². The lowest BCUT2D eigenvalue weighted by Crippen LogP contribution is -2.31. The summed E-state index contributed by atoms with van der Waals surface area (Å²) in [5.41, 5.74) is 5.66. The fourth-order valence-corrected chi connectivity index (χ4v) is 1.89. The molecule has 1 atom stereocenters. The Bertz CT molecular complexity index is 133. The van der Waals surface area contributed by atoms with Crippen molar-refractivity contribution in [2.75, 3.05) is 26.7 Å². The van der Waals surface area contributed by atoms with Crippen molar-refractivity contribution in [2.24, 2.45) is 11.7 Å². The highest BCUT2D eigenvalue weighted by molar-refractivity contribution is 4.72. The Hall–Kier alpha value is -0.120. The number of aliphatic hydroxyl groups excluding tert-OH is 1. The van der Waals surface area contributed by atoms with Gasteiger partial charge < -0.3 is 15.7 Å². The van der Waals surface area contributed by atoms with E-state index in [-0.39, 0.29) is 12.6 Å². The Balaban J connectivity index is 2.08. The summed E-state index contributed by atoms with van der Waals surface area (Å²) in [4.78, 5) is 2.38. The number of rotatable bonds is 4. The largest absolute Gasteiger partial charge is 0.395 e. The number of hydrogen-bond donors (Lipinski definition) is 2. The lowest BCUT2D eigenvalue weighted by Gasteiger charge is -2.29. The third kappa shape index (κ3) is 4.07. The summed E-state index contributed by atoms with van der Waals surface area (Å²) in [7, 11) is 2.18. The van der Waals surface area contributed by atoms with E-state index >= 15 is 0 Å². The molecule has 3 heteroatoms. The molecule has 3 nitrogen and oxygen atoms in total. The van der Waals surface area contributed by atoms with Crippen LogP contribution in [0.5, 0.6) is 0 Å². The Morgan fingerprint density at radius 3 is 2.62 bits per heavy atom. The van der Waals surface area contributed by atoms with Gasteiger partial charge in [0.2, 0.25) is 0 Å². The van der Waals surface area contributed by atoms with E-state index in [9.17, 15) is 0 Å². The summed E-state index contributed by atoms with van der Waals surface area (Å²) in [5, 5.41) is 8.77. The molecule has 1 unspecified atom stereocenters. The highest BCUT2D eigenvalue weighted by Crippen LogP contribution is 2.21. The van der Waals surface area contributed by atoms with Gasteiger partial charge in [-0.15, -0.1) is 0 Å². The van der Waals surface area contributed by atoms with Crippen LogP contribution in [0.2, 0.25) is 0 Å². The van der Waals surface area contributed by atoms with Crippen molar-refractivity contribution in [1.29, 1.82) is 0 Å². The van der Waals surface area contributed by atoms with E-state index in [0.29, 0.717) is 0 Å². The second kappa shape index (κ2) is 5.58. The van der Waals surface area contributed by atoms with E-state index in [1.54, 1.807) is 0 Å². The third-order valence-corrected chi connectivity index (χ3v) is 3.02. The van der Waals surface area contributed by atoms with Gasteiger partial charge in [-0.2, -0.15) is 0 Å². The Labute approximate surface area is 80.9 Å². The zero-order chi connectivity index (χ0) is 9.68. The first kappa shape index (κ1) is 11.0. The first-order valence-corrected chi connectivity index (χ1v) is 5.27. The van der Waals surface area contributed by atoms with Crippen molar-refractivity contribution >= 4 is 0 Å². The smallest absolute Gasteiger partial charge is 0.0582 e. The molecular formula is C10H22N2O. The standard InChI is InChI=1S/C10H22N2O/c1-12-6-4-9(5-7-12)2-3-10(11)8-13/h9-10,13H,2-8,11H2,1H3. The second-order valence-corrected chi connectivity index (χ2v) is 4.27. The van der Waals surface area contributed by atoms with Crippen molar-refractivity contribution in [2.45, 2.75) is 31.7 Å². The van der Waals surface area contributed by atoms with Crippen molar-refractivity contribution in [3.8, 4) is 0 Å². The van der Waals surface area contributed by atoms with Crippen LogP contribution in [0.25, 0.3) is 0 Å². The molecule has 1 fully saturated rings. The number of piperidine rings is 1. The quantitative estimate of drug-likeness (QED) is 0.669. The minimum absolute atomic E-state index is 0.000318. The Morgan fingerprint density at radius 2 is 2.08 bits per heavy atom. The molecule has 1 saturated heterocycles. The van der Waals surface area contributed by atoms with Crippen molar-refractivity contribution in [3.63, 3.8) is 0 Å². The first-order chi connectivity index (χ1) is 6.22. The van der Waals surface area contributed by atoms with Crippen LogP contribution in [0.15, 0.2) is 0 Å². The molecule has 0 amide bonds. The van der Waals surface area contributed by atoms with Crippen LogP contribution < -0.4 is 5.73 Å². The number of hydrogen-bond acceptors (Lipinski definition) is 3. The summed E-state index contributed by atoms with van der Waals surface area (Å²) in [6.45, 7) is 2.57. The summed E-state index contributed by atoms with van der Waals surface area (Å²) in [6, 6.07) is -0.000318. The number of nitrogens with two attached hydrogens (primary N) is 1. The van der Waals surface area contributed by atoms with Crippen LogP contribution in [-0.2, 0) is 0 Å². The average Bonchev–Trinajstić information content (AvgIpc) is 2.16. The van der Waals surface area contributed by atoms with Gasteiger partial charge in [-0.3, -0.25) is 0 Å². The number of nitrogens with zero attached hydrogens (tertiary/aromatic N) is 1. The fraction of sp³-hybridized carbons (Fsp3) is 1.00. The van der Waals surface area contributed by atoms with E-state index < -0.39 is 0 Å². The Morgan fingerprint density at radius 1 is 1.46 bits per heavy atom. The highest BCUT2D eigenvalue weighted by Gasteiger charge is 2.16. The summed E-state index contributed by atoms with van der Waals surface area (Å²) in [5.74, 6) is 0.841. The molecule has 0 radical (unpaired) electrons. The Kier molecular flexibility index (Phi) is 4.70. The molecular weight excluding hydrogens is 164 g/mol. The van der Waals surface area contributed by atoms with Gasteiger partial charge in [0.15, 0.2) is 0 Å². The molecule has 0 aromatic heterocycles. The maximum absolute atomic E-state index is 8.77. The van der Waals surface area contributed by atoms with Gasteiger partial charge in [-0.05, 0) is 51.7 Å². The molecule has 1 aliphatic rings. The van der Waals surface area contributed by atoms with Crippen molar-refractivity contribution in [1.82, 2.24) is 4.90 Å². The summed E-state index contributed by atoms with van der Waals surface area (Å²) >= 11 is 0. The minimum Gasteiger partial charge on any atom is -0.395 e. The number of aliphatic hydroxyl groups is 1. The molecule has 13 heavy (non-hydrogen) atoms. The van der Waals surface area contributed by atoms with Crippen LogP contribution >= 0.6 is 0 Å². The maximum atomic E-state index is 8.77. The first-order valence-electron chi connectivity index (χ1n) is 5.27. The normalized spacial score (nSPS) is 23.3. The predicted octanol–water partition coefficient (Wildman–Crippen LogP) is 0.428. The average molecular weight is 186 g/mol. The van der Waals surface area contributed by atoms with Gasteiger partial charge in [0.1, 0.15) is 0 Å². The summed E-state index contributed by atoms with van der Waals surface area (Å²) in [6.07, 6.45) is 4.77. The summed E-state index contributed by atoms with van der Waals surface area (Å²) < 4.78 is 0. The van der Waals surface area contributed by atoms with Gasteiger partial charge in [-0.25, -0.2) is 0 Å². The van der Waals surface area contributed by atoms with Crippen LogP contribution in [-0.4, -0.2) is 42.8 Å². The van der Waals surface area contributed by atoms with Crippen molar-refractivity contribution < 1.29 is 5.11 Å². The molecule has 78 valence electrons. The molecule has 0 saturated carbocycles. The highest BCUT2D eigenvalue weighted by atomic mass is 16.3. The monoisotopic (exact) mass is 186 g/mol. The van der Waals surface area contributed by atoms with Crippen LogP contribution in [0.3, 0.4) is 0 Å². The molecule has 1 heterocycles. The van der Waals surface area contributed by atoms with Gasteiger partial charge in [0.05, 0.1) is 6.61 Å². The lowest BCUT2D eigenvalue weighted by molar-refractivity contribution is 0.198. The minimum atomic E-state index is -0.000318. The van der Waals surface area contributed by atoms with E-state index in [1.807, 2.05) is 0 Å². The topological polar surface area (TPSA) is 49.5 Å². The zero-order valence-corrected chi connectivity index (χ0v) is 8.58. The molecule has 3 N–H and O–H groups in total. The molecule has 0 bridgehead atoms. The van der Waals surface area contributed by atoms with Gasteiger partial charge in [0, 0.05) is 6.04 Å². The molecule has 1 aliphatic heterocycles. The van der Waals surface area contributed by atoms with E-state index in [4.69, 9.17) is 10.8 Å². The number of likely N-dealkylation sites (tertiary alicyclic amines) is 1. The zero-order valence-electron chi connectivity index (χ0n) is 8.58. The van der Waals surface area contributed by atoms with Crippen LogP contribution in [0.1, 0.15) is 25.7 Å². The second-order valence-electron chi connectivity index (χ2n) is 4.27. The fourth-order valence-electron chi connectivity index (χ4n) is 1.89. The van der Waals surface area contributed by atoms with Crippen molar-refractivity contribution in [3.05, 3.63) is 0 Å². The molecule has 0 spiro atoms. The van der Waals surface area contributed by atoms with Gasteiger partial charge >= 0.3 is 0 Å². The lowest BCUT2D eigenvalue weighted by atomic mass is 9.91. The molecule has 0 aromatic carbocycles. The van der Waals surface area contributed by atoms with Crippen LogP contribution in [0.4, 0.5) is 0 Å². The van der Waals surface area contributed by atoms with Gasteiger partial charge in [0.25, 0.3) is 0 Å². The molecule has 1 rings (SSSR count).